The van der Waals surface area contributed by atoms with E-state index in [0.29, 0.717) is 27.2 Å². The largest absolute Gasteiger partial charge is 0.478 e. The van der Waals surface area contributed by atoms with E-state index in [4.69, 9.17) is 21.1 Å². The first-order valence-corrected chi connectivity index (χ1v) is 10.2. The van der Waals surface area contributed by atoms with Crippen LogP contribution in [-0.2, 0) is 20.9 Å². The number of fused-ring (bicyclic) bond motifs is 1. The fourth-order valence-corrected chi connectivity index (χ4v) is 3.22. The standard InChI is InChI=1S/C23H23ClN2O5/c1-4-30-23(29)15(3)31-20-7-5-6-18-17(20)10-11-26(22(18)28)13-21(27)25-16-9-8-14(2)19(24)12-16/h5-12,15H,4,13H2,1-3H3,(H,25,27)/t15-/m1/s1. The van der Waals surface area contributed by atoms with E-state index in [2.05, 4.69) is 5.32 Å². The zero-order valence-electron chi connectivity index (χ0n) is 17.5. The lowest BCUT2D eigenvalue weighted by molar-refractivity contribution is -0.150. The van der Waals surface area contributed by atoms with Gasteiger partial charge in [0.15, 0.2) is 6.10 Å². The van der Waals surface area contributed by atoms with Crippen LogP contribution in [0.25, 0.3) is 10.8 Å². The van der Waals surface area contributed by atoms with Gasteiger partial charge in [0.2, 0.25) is 5.91 Å². The molecular weight excluding hydrogens is 420 g/mol. The Balaban J connectivity index is 1.81. The van der Waals surface area contributed by atoms with Crippen LogP contribution in [0.4, 0.5) is 5.69 Å². The molecule has 0 unspecified atom stereocenters. The van der Waals surface area contributed by atoms with Gasteiger partial charge in [-0.25, -0.2) is 4.79 Å². The molecule has 0 spiro atoms. The Morgan fingerprint density at radius 2 is 1.94 bits per heavy atom. The van der Waals surface area contributed by atoms with E-state index in [1.165, 1.54) is 10.8 Å². The Labute approximate surface area is 184 Å². The fraction of sp³-hybridized carbons (Fsp3) is 0.261. The van der Waals surface area contributed by atoms with Crippen LogP contribution >= 0.6 is 11.6 Å². The number of aromatic nitrogens is 1. The lowest BCUT2D eigenvalue weighted by atomic mass is 10.1. The number of carbonyl (C=O) groups is 2. The van der Waals surface area contributed by atoms with Crippen molar-refractivity contribution >= 4 is 39.9 Å². The maximum atomic E-state index is 12.9. The number of rotatable bonds is 7. The topological polar surface area (TPSA) is 86.6 Å². The Bertz CT molecular complexity index is 1190. The number of carbonyl (C=O) groups excluding carboxylic acids is 2. The van der Waals surface area contributed by atoms with Crippen LogP contribution in [0.1, 0.15) is 19.4 Å². The lowest BCUT2D eigenvalue weighted by Gasteiger charge is -2.15. The fourth-order valence-electron chi connectivity index (χ4n) is 3.04. The number of anilines is 1. The second-order valence-electron chi connectivity index (χ2n) is 6.99. The highest BCUT2D eigenvalue weighted by Crippen LogP contribution is 2.24. The highest BCUT2D eigenvalue weighted by Gasteiger charge is 2.18. The summed E-state index contributed by atoms with van der Waals surface area (Å²) in [5, 5.41) is 4.21. The molecule has 2 aromatic carbocycles. The van der Waals surface area contributed by atoms with Crippen LogP contribution in [0.5, 0.6) is 5.75 Å². The van der Waals surface area contributed by atoms with Crippen molar-refractivity contribution in [2.24, 2.45) is 0 Å². The minimum Gasteiger partial charge on any atom is -0.478 e. The first-order valence-electron chi connectivity index (χ1n) is 9.81. The summed E-state index contributed by atoms with van der Waals surface area (Å²) in [6.45, 7) is 5.26. The van der Waals surface area contributed by atoms with Gasteiger partial charge in [-0.15, -0.1) is 0 Å². The molecule has 1 N–H and O–H groups in total. The first kappa shape index (κ1) is 22.4. The molecule has 7 nitrogen and oxygen atoms in total. The zero-order valence-corrected chi connectivity index (χ0v) is 18.2. The van der Waals surface area contributed by atoms with Gasteiger partial charge in [-0.05, 0) is 56.7 Å². The summed E-state index contributed by atoms with van der Waals surface area (Å²) in [6.07, 6.45) is 0.703. The predicted molar refractivity (Wildman–Crippen MR) is 120 cm³/mol. The quantitative estimate of drug-likeness (QED) is 0.560. The van der Waals surface area contributed by atoms with Gasteiger partial charge in [0.05, 0.1) is 12.0 Å². The van der Waals surface area contributed by atoms with Crippen molar-refractivity contribution in [2.75, 3.05) is 11.9 Å². The molecule has 162 valence electrons. The number of aryl methyl sites for hydroxylation is 1. The van der Waals surface area contributed by atoms with Gasteiger partial charge in [0.1, 0.15) is 12.3 Å². The van der Waals surface area contributed by atoms with Crippen LogP contribution < -0.4 is 15.6 Å². The zero-order chi connectivity index (χ0) is 22.5. The predicted octanol–water partition coefficient (Wildman–Crippen LogP) is 3.93. The minimum absolute atomic E-state index is 0.162. The van der Waals surface area contributed by atoms with Crippen LogP contribution in [0.15, 0.2) is 53.5 Å². The molecule has 0 fully saturated rings. The minimum atomic E-state index is -0.819. The lowest BCUT2D eigenvalue weighted by Crippen LogP contribution is -2.28. The van der Waals surface area contributed by atoms with Crippen molar-refractivity contribution in [3.63, 3.8) is 0 Å². The van der Waals surface area contributed by atoms with Crippen molar-refractivity contribution < 1.29 is 19.1 Å². The van der Waals surface area contributed by atoms with Crippen LogP contribution in [0, 0.1) is 6.92 Å². The third-order valence-corrected chi connectivity index (χ3v) is 5.08. The molecule has 0 saturated carbocycles. The highest BCUT2D eigenvalue weighted by molar-refractivity contribution is 6.31. The third kappa shape index (κ3) is 5.24. The molecule has 3 rings (SSSR count). The SMILES string of the molecule is CCOC(=O)[C@@H](C)Oc1cccc2c(=O)n(CC(=O)Nc3ccc(C)c(Cl)c3)ccc12. The van der Waals surface area contributed by atoms with E-state index >= 15 is 0 Å². The van der Waals surface area contributed by atoms with E-state index in [9.17, 15) is 14.4 Å². The molecule has 0 aliphatic carbocycles. The Hall–Kier alpha value is -3.32. The molecule has 31 heavy (non-hydrogen) atoms. The number of nitrogens with one attached hydrogen (secondary N) is 1. The Kier molecular flexibility index (Phi) is 6.97. The van der Waals surface area contributed by atoms with Crippen LogP contribution in [0.2, 0.25) is 5.02 Å². The van der Waals surface area contributed by atoms with E-state index < -0.39 is 12.1 Å². The molecule has 0 aliphatic rings. The summed E-state index contributed by atoms with van der Waals surface area (Å²) in [5.41, 5.74) is 1.11. The highest BCUT2D eigenvalue weighted by atomic mass is 35.5. The second kappa shape index (κ2) is 9.66. The van der Waals surface area contributed by atoms with Crippen molar-refractivity contribution in [3.8, 4) is 5.75 Å². The van der Waals surface area contributed by atoms with Gasteiger partial charge >= 0.3 is 5.97 Å². The number of pyridine rings is 1. The summed E-state index contributed by atoms with van der Waals surface area (Å²) >= 11 is 6.09. The van der Waals surface area contributed by atoms with Gasteiger partial charge in [-0.1, -0.05) is 23.7 Å². The number of benzene rings is 2. The molecule has 1 aromatic heterocycles. The molecule has 8 heteroatoms. The monoisotopic (exact) mass is 442 g/mol. The van der Waals surface area contributed by atoms with Gasteiger partial charge < -0.3 is 19.4 Å². The molecule has 0 radical (unpaired) electrons. The van der Waals surface area contributed by atoms with Crippen molar-refractivity contribution in [1.82, 2.24) is 4.57 Å². The number of esters is 1. The second-order valence-corrected chi connectivity index (χ2v) is 7.40. The maximum absolute atomic E-state index is 12.9. The van der Waals surface area contributed by atoms with E-state index in [-0.39, 0.29) is 24.6 Å². The molecular formula is C23H23ClN2O5. The molecule has 0 bridgehead atoms. The van der Waals surface area contributed by atoms with E-state index in [1.807, 2.05) is 6.92 Å². The number of halogens is 1. The van der Waals surface area contributed by atoms with Gasteiger partial charge in [0, 0.05) is 22.3 Å². The Morgan fingerprint density at radius 3 is 2.65 bits per heavy atom. The molecule has 1 atom stereocenters. The summed E-state index contributed by atoms with van der Waals surface area (Å²) in [4.78, 5) is 37.2. The average Bonchev–Trinajstić information content (AvgIpc) is 2.73. The number of amides is 1. The van der Waals surface area contributed by atoms with Crippen molar-refractivity contribution in [1.29, 1.82) is 0 Å². The Morgan fingerprint density at radius 1 is 1.16 bits per heavy atom. The molecule has 1 amide bonds. The number of ether oxygens (including phenoxy) is 2. The number of hydrogen-bond acceptors (Lipinski definition) is 5. The van der Waals surface area contributed by atoms with Crippen molar-refractivity contribution in [3.05, 3.63) is 69.6 Å². The van der Waals surface area contributed by atoms with Crippen LogP contribution in [0.3, 0.4) is 0 Å². The van der Waals surface area contributed by atoms with Gasteiger partial charge in [-0.2, -0.15) is 0 Å². The third-order valence-electron chi connectivity index (χ3n) is 4.67. The smallest absolute Gasteiger partial charge is 0.347 e. The first-order chi connectivity index (χ1) is 14.8. The summed E-state index contributed by atoms with van der Waals surface area (Å²) in [7, 11) is 0. The molecule has 0 saturated heterocycles. The van der Waals surface area contributed by atoms with E-state index in [1.54, 1.807) is 56.3 Å². The van der Waals surface area contributed by atoms with E-state index in [0.717, 1.165) is 5.56 Å². The van der Waals surface area contributed by atoms with Crippen LogP contribution in [-0.4, -0.2) is 29.2 Å². The summed E-state index contributed by atoms with van der Waals surface area (Å²) < 4.78 is 12.0. The number of hydrogen-bond donors (Lipinski definition) is 1. The maximum Gasteiger partial charge on any atom is 0.347 e. The summed E-state index contributed by atoms with van der Waals surface area (Å²) in [5.74, 6) is -0.452. The molecule has 1 heterocycles. The van der Waals surface area contributed by atoms with Crippen molar-refractivity contribution in [2.45, 2.75) is 33.4 Å². The normalized spacial score (nSPS) is 11.7. The number of nitrogens with zero attached hydrogens (tertiary/aromatic N) is 1. The van der Waals surface area contributed by atoms with Gasteiger partial charge in [-0.3, -0.25) is 9.59 Å². The molecule has 0 aliphatic heterocycles. The molecule has 3 aromatic rings. The average molecular weight is 443 g/mol. The van der Waals surface area contributed by atoms with Gasteiger partial charge in [0.25, 0.3) is 5.56 Å². The summed E-state index contributed by atoms with van der Waals surface area (Å²) in [6, 6.07) is 11.9.